The van der Waals surface area contributed by atoms with Crippen molar-refractivity contribution in [3.63, 3.8) is 0 Å². The quantitative estimate of drug-likeness (QED) is 0.769. The molecule has 2 aliphatic heterocycles. The molecular formula is C18H27N5O3. The van der Waals surface area contributed by atoms with E-state index in [4.69, 9.17) is 4.52 Å². The maximum atomic E-state index is 12.4. The number of carbonyl (C=O) groups is 2. The van der Waals surface area contributed by atoms with Gasteiger partial charge in [-0.05, 0) is 18.8 Å². The van der Waals surface area contributed by atoms with E-state index in [0.29, 0.717) is 30.6 Å². The van der Waals surface area contributed by atoms with Crippen LogP contribution in [0.2, 0.25) is 0 Å². The number of hydrogen-bond acceptors (Lipinski definition) is 6. The van der Waals surface area contributed by atoms with E-state index in [1.807, 2.05) is 4.90 Å². The minimum Gasteiger partial charge on any atom is -0.360 e. The van der Waals surface area contributed by atoms with E-state index in [9.17, 15) is 9.59 Å². The van der Waals surface area contributed by atoms with Crippen molar-refractivity contribution in [2.75, 3.05) is 45.8 Å². The number of amides is 2. The summed E-state index contributed by atoms with van der Waals surface area (Å²) < 4.78 is 5.27. The topological polar surface area (TPSA) is 90.7 Å². The Morgan fingerprint density at radius 1 is 1.31 bits per heavy atom. The summed E-state index contributed by atoms with van der Waals surface area (Å²) in [5, 5.41) is 10.2. The molecule has 142 valence electrons. The molecule has 0 spiro atoms. The lowest BCUT2D eigenvalue weighted by atomic mass is 10.1. The third kappa shape index (κ3) is 3.91. The Kier molecular flexibility index (Phi) is 4.95. The predicted molar refractivity (Wildman–Crippen MR) is 94.8 cm³/mol. The van der Waals surface area contributed by atoms with E-state index >= 15 is 0 Å². The van der Waals surface area contributed by atoms with E-state index in [0.717, 1.165) is 51.3 Å². The first-order valence-corrected chi connectivity index (χ1v) is 9.58. The number of nitrogens with one attached hydrogen (secondary N) is 2. The Hall–Kier alpha value is -1.93. The van der Waals surface area contributed by atoms with Gasteiger partial charge in [0.05, 0.1) is 6.54 Å². The van der Waals surface area contributed by atoms with Crippen LogP contribution in [0.4, 0.5) is 0 Å². The van der Waals surface area contributed by atoms with Gasteiger partial charge in [-0.15, -0.1) is 0 Å². The summed E-state index contributed by atoms with van der Waals surface area (Å²) in [5.74, 6) is 1.55. The zero-order valence-corrected chi connectivity index (χ0v) is 15.2. The molecule has 26 heavy (non-hydrogen) atoms. The number of piperazine rings is 1. The van der Waals surface area contributed by atoms with Gasteiger partial charge in [-0.3, -0.25) is 14.5 Å². The van der Waals surface area contributed by atoms with Crippen LogP contribution in [-0.2, 0) is 4.79 Å². The minimum absolute atomic E-state index is 0.0272. The smallest absolute Gasteiger partial charge is 0.273 e. The van der Waals surface area contributed by atoms with Gasteiger partial charge in [0.1, 0.15) is 5.76 Å². The molecule has 8 heteroatoms. The van der Waals surface area contributed by atoms with Crippen molar-refractivity contribution in [3.8, 4) is 0 Å². The fourth-order valence-corrected chi connectivity index (χ4v) is 3.79. The lowest BCUT2D eigenvalue weighted by molar-refractivity contribution is -0.132. The van der Waals surface area contributed by atoms with Gasteiger partial charge in [-0.25, -0.2) is 0 Å². The minimum atomic E-state index is -0.187. The monoisotopic (exact) mass is 361 g/mol. The zero-order valence-electron chi connectivity index (χ0n) is 15.2. The second-order valence-electron chi connectivity index (χ2n) is 7.77. The summed E-state index contributed by atoms with van der Waals surface area (Å²) >= 11 is 0. The van der Waals surface area contributed by atoms with E-state index in [-0.39, 0.29) is 17.9 Å². The second kappa shape index (κ2) is 7.36. The molecule has 1 aromatic rings. The Labute approximate surface area is 153 Å². The second-order valence-corrected chi connectivity index (χ2v) is 7.77. The first-order chi connectivity index (χ1) is 12.6. The number of carbonyl (C=O) groups excluding carboxylic acids is 2. The SMILES string of the molecule is C[C@H]1CN(CC(=O)N2CCNCC2)C[C@@H]1NC(=O)c1cc(C2CC2)on1. The van der Waals surface area contributed by atoms with Crippen LogP contribution in [0.15, 0.2) is 10.6 Å². The highest BCUT2D eigenvalue weighted by molar-refractivity contribution is 5.92. The predicted octanol–water partition coefficient (Wildman–Crippen LogP) is 0.0339. The number of rotatable bonds is 5. The summed E-state index contributed by atoms with van der Waals surface area (Å²) in [6, 6.07) is 1.79. The first-order valence-electron chi connectivity index (χ1n) is 9.58. The fraction of sp³-hybridized carbons (Fsp3) is 0.722. The average Bonchev–Trinajstić information content (AvgIpc) is 3.27. The van der Waals surface area contributed by atoms with Crippen LogP contribution in [0.3, 0.4) is 0 Å². The standard InChI is InChI=1S/C18H27N5O3/c1-12-9-22(11-17(24)23-6-4-19-5-7-23)10-15(12)20-18(25)14-8-16(26-21-14)13-2-3-13/h8,12-13,15,19H,2-7,9-11H2,1H3,(H,20,25)/t12-,15-/m0/s1. The van der Waals surface area contributed by atoms with Gasteiger partial charge in [0, 0.05) is 57.3 Å². The molecule has 0 bridgehead atoms. The largest absolute Gasteiger partial charge is 0.360 e. The average molecular weight is 361 g/mol. The van der Waals surface area contributed by atoms with Crippen LogP contribution in [-0.4, -0.2) is 78.6 Å². The highest BCUT2D eigenvalue weighted by Crippen LogP contribution is 2.40. The number of hydrogen-bond donors (Lipinski definition) is 2. The lowest BCUT2D eigenvalue weighted by Crippen LogP contribution is -2.49. The van der Waals surface area contributed by atoms with Gasteiger partial charge in [0.15, 0.2) is 5.69 Å². The first kappa shape index (κ1) is 17.5. The summed E-state index contributed by atoms with van der Waals surface area (Å²) in [5.41, 5.74) is 0.356. The number of nitrogens with zero attached hydrogens (tertiary/aromatic N) is 3. The van der Waals surface area contributed by atoms with Crippen molar-refractivity contribution in [3.05, 3.63) is 17.5 Å². The van der Waals surface area contributed by atoms with Gasteiger partial charge < -0.3 is 20.1 Å². The molecule has 0 unspecified atom stereocenters. The van der Waals surface area contributed by atoms with Crippen molar-refractivity contribution >= 4 is 11.8 Å². The molecule has 3 fully saturated rings. The van der Waals surface area contributed by atoms with Gasteiger partial charge in [0.2, 0.25) is 5.91 Å². The van der Waals surface area contributed by atoms with Gasteiger partial charge >= 0.3 is 0 Å². The Bertz CT molecular complexity index is 666. The third-order valence-corrected chi connectivity index (χ3v) is 5.57. The summed E-state index contributed by atoms with van der Waals surface area (Å²) in [6.07, 6.45) is 2.23. The van der Waals surface area contributed by atoms with Crippen LogP contribution in [0.1, 0.15) is 41.9 Å². The zero-order chi connectivity index (χ0) is 18.1. The fourth-order valence-electron chi connectivity index (χ4n) is 3.79. The van der Waals surface area contributed by atoms with Crippen LogP contribution >= 0.6 is 0 Å². The Morgan fingerprint density at radius 2 is 2.08 bits per heavy atom. The Balaban J connectivity index is 1.28. The third-order valence-electron chi connectivity index (χ3n) is 5.57. The van der Waals surface area contributed by atoms with Crippen molar-refractivity contribution in [1.82, 2.24) is 25.6 Å². The molecule has 4 rings (SSSR count). The molecule has 3 aliphatic rings. The molecule has 3 heterocycles. The molecule has 1 saturated carbocycles. The van der Waals surface area contributed by atoms with Crippen molar-refractivity contribution < 1.29 is 14.1 Å². The summed E-state index contributed by atoms with van der Waals surface area (Å²) in [4.78, 5) is 28.9. The van der Waals surface area contributed by atoms with Crippen LogP contribution in [0.5, 0.6) is 0 Å². The highest BCUT2D eigenvalue weighted by Gasteiger charge is 2.34. The molecule has 1 aromatic heterocycles. The van der Waals surface area contributed by atoms with Gasteiger partial charge in [-0.2, -0.15) is 0 Å². The van der Waals surface area contributed by atoms with Crippen LogP contribution in [0.25, 0.3) is 0 Å². The number of likely N-dealkylation sites (tertiary alicyclic amines) is 1. The summed E-state index contributed by atoms with van der Waals surface area (Å²) in [6.45, 7) is 7.32. The molecule has 0 radical (unpaired) electrons. The Morgan fingerprint density at radius 3 is 2.81 bits per heavy atom. The lowest BCUT2D eigenvalue weighted by Gasteiger charge is -2.29. The molecule has 2 atom stereocenters. The number of aromatic nitrogens is 1. The van der Waals surface area contributed by atoms with Crippen molar-refractivity contribution in [1.29, 1.82) is 0 Å². The molecule has 2 N–H and O–H groups in total. The molecule has 2 saturated heterocycles. The molecule has 1 aliphatic carbocycles. The van der Waals surface area contributed by atoms with E-state index < -0.39 is 0 Å². The van der Waals surface area contributed by atoms with E-state index in [2.05, 4.69) is 27.6 Å². The van der Waals surface area contributed by atoms with Gasteiger partial charge in [0.25, 0.3) is 5.91 Å². The maximum absolute atomic E-state index is 12.4. The molecule has 2 amide bonds. The van der Waals surface area contributed by atoms with Crippen molar-refractivity contribution in [2.24, 2.45) is 5.92 Å². The normalized spacial score (nSPS) is 26.9. The van der Waals surface area contributed by atoms with Crippen LogP contribution < -0.4 is 10.6 Å². The molecule has 0 aromatic carbocycles. The van der Waals surface area contributed by atoms with E-state index in [1.54, 1.807) is 6.07 Å². The molecular weight excluding hydrogens is 334 g/mol. The van der Waals surface area contributed by atoms with E-state index in [1.165, 1.54) is 0 Å². The maximum Gasteiger partial charge on any atom is 0.273 e. The highest BCUT2D eigenvalue weighted by atomic mass is 16.5. The van der Waals surface area contributed by atoms with Crippen LogP contribution in [0, 0.1) is 5.92 Å². The van der Waals surface area contributed by atoms with Gasteiger partial charge in [-0.1, -0.05) is 12.1 Å². The van der Waals surface area contributed by atoms with Crippen molar-refractivity contribution in [2.45, 2.75) is 31.7 Å². The summed E-state index contributed by atoms with van der Waals surface area (Å²) in [7, 11) is 0. The molecule has 8 nitrogen and oxygen atoms in total.